The molecular formula is C23H24F3NO4. The Morgan fingerprint density at radius 2 is 1.55 bits per heavy atom. The standard InChI is InChI=1S/C23H24F3NO4/c24-23(25,26)13-7-1-2-12-20(21(28)29)27-22(30)31-14-19-17-10-5-3-8-15(17)16-9-4-6-11-18(16)19/h3-6,8-11,19-20H,1-2,7,12-14H2,(H,27,30)(H,28,29)/t20-/m1/s1. The molecule has 8 heteroatoms. The van der Waals surface area contributed by atoms with Gasteiger partial charge in [-0.2, -0.15) is 13.2 Å². The molecule has 0 fully saturated rings. The zero-order chi connectivity index (χ0) is 22.4. The van der Waals surface area contributed by atoms with Gasteiger partial charge in [-0.15, -0.1) is 0 Å². The van der Waals surface area contributed by atoms with Crippen molar-refractivity contribution in [2.45, 2.75) is 50.2 Å². The number of unbranched alkanes of at least 4 members (excludes halogenated alkanes) is 2. The number of halogens is 3. The van der Waals surface area contributed by atoms with Crippen LogP contribution in [0.5, 0.6) is 0 Å². The topological polar surface area (TPSA) is 75.6 Å². The first-order chi connectivity index (χ1) is 14.8. The van der Waals surface area contributed by atoms with Gasteiger partial charge in [0.05, 0.1) is 0 Å². The molecular weight excluding hydrogens is 411 g/mol. The Kier molecular flexibility index (Phi) is 7.20. The first kappa shape index (κ1) is 22.7. The maximum absolute atomic E-state index is 12.2. The predicted octanol–water partition coefficient (Wildman–Crippen LogP) is 5.49. The molecule has 0 saturated heterocycles. The summed E-state index contributed by atoms with van der Waals surface area (Å²) in [6.07, 6.45) is -5.51. The third-order valence-corrected chi connectivity index (χ3v) is 5.39. The summed E-state index contributed by atoms with van der Waals surface area (Å²) in [5.74, 6) is -1.40. The number of ether oxygens (including phenoxy) is 1. The van der Waals surface area contributed by atoms with Crippen molar-refractivity contribution in [3.63, 3.8) is 0 Å². The second-order valence-corrected chi connectivity index (χ2v) is 7.58. The normalized spacial score (nSPS) is 13.9. The average molecular weight is 435 g/mol. The van der Waals surface area contributed by atoms with E-state index >= 15 is 0 Å². The summed E-state index contributed by atoms with van der Waals surface area (Å²) in [6, 6.07) is 14.5. The highest BCUT2D eigenvalue weighted by Crippen LogP contribution is 2.44. The summed E-state index contributed by atoms with van der Waals surface area (Å²) in [6.45, 7) is 0.0534. The Hall–Kier alpha value is -3.03. The zero-order valence-electron chi connectivity index (χ0n) is 16.8. The molecule has 0 radical (unpaired) electrons. The molecule has 2 aromatic carbocycles. The number of hydrogen-bond donors (Lipinski definition) is 2. The molecule has 0 unspecified atom stereocenters. The highest BCUT2D eigenvalue weighted by atomic mass is 19.4. The number of hydrogen-bond acceptors (Lipinski definition) is 3. The summed E-state index contributed by atoms with van der Waals surface area (Å²) >= 11 is 0. The summed E-state index contributed by atoms with van der Waals surface area (Å²) in [4.78, 5) is 23.6. The third kappa shape index (κ3) is 5.99. The van der Waals surface area contributed by atoms with Gasteiger partial charge < -0.3 is 15.2 Å². The van der Waals surface area contributed by atoms with Crippen molar-refractivity contribution in [1.29, 1.82) is 0 Å². The molecule has 0 aromatic heterocycles. The summed E-state index contributed by atoms with van der Waals surface area (Å²) in [7, 11) is 0. The van der Waals surface area contributed by atoms with Gasteiger partial charge in [-0.1, -0.05) is 61.4 Å². The minimum atomic E-state index is -4.22. The first-order valence-electron chi connectivity index (χ1n) is 10.2. The van der Waals surface area contributed by atoms with Crippen molar-refractivity contribution in [3.05, 3.63) is 59.7 Å². The Labute approximate surface area is 178 Å². The fourth-order valence-corrected chi connectivity index (χ4v) is 3.89. The van der Waals surface area contributed by atoms with Crippen LogP contribution in [-0.4, -0.2) is 36.0 Å². The number of rotatable bonds is 9. The van der Waals surface area contributed by atoms with E-state index < -0.39 is 30.7 Å². The molecule has 1 amide bonds. The van der Waals surface area contributed by atoms with E-state index in [1.807, 2.05) is 48.5 Å². The van der Waals surface area contributed by atoms with E-state index in [4.69, 9.17) is 4.74 Å². The molecule has 0 heterocycles. The lowest BCUT2D eigenvalue weighted by molar-refractivity contribution is -0.140. The molecule has 0 saturated carbocycles. The van der Waals surface area contributed by atoms with Gasteiger partial charge in [-0.3, -0.25) is 0 Å². The van der Waals surface area contributed by atoms with E-state index in [2.05, 4.69) is 5.32 Å². The molecule has 0 spiro atoms. The Balaban J connectivity index is 1.52. The molecule has 0 aliphatic heterocycles. The van der Waals surface area contributed by atoms with Gasteiger partial charge in [0.1, 0.15) is 12.6 Å². The molecule has 1 aliphatic carbocycles. The van der Waals surface area contributed by atoms with E-state index in [1.54, 1.807) is 0 Å². The van der Waals surface area contributed by atoms with Gasteiger partial charge in [0.15, 0.2) is 0 Å². The first-order valence-corrected chi connectivity index (χ1v) is 10.2. The number of carboxylic acid groups (broad SMARTS) is 1. The van der Waals surface area contributed by atoms with E-state index in [1.165, 1.54) is 0 Å². The van der Waals surface area contributed by atoms with E-state index in [0.717, 1.165) is 22.3 Å². The van der Waals surface area contributed by atoms with Crippen molar-refractivity contribution < 1.29 is 32.6 Å². The number of carbonyl (C=O) groups is 2. The molecule has 31 heavy (non-hydrogen) atoms. The molecule has 1 atom stereocenters. The lowest BCUT2D eigenvalue weighted by Crippen LogP contribution is -2.41. The van der Waals surface area contributed by atoms with Crippen molar-refractivity contribution in [1.82, 2.24) is 5.32 Å². The lowest BCUT2D eigenvalue weighted by Gasteiger charge is -2.17. The monoisotopic (exact) mass is 435 g/mol. The van der Waals surface area contributed by atoms with Crippen molar-refractivity contribution >= 4 is 12.1 Å². The third-order valence-electron chi connectivity index (χ3n) is 5.39. The fraction of sp³-hybridized carbons (Fsp3) is 0.391. The fourth-order valence-electron chi connectivity index (χ4n) is 3.89. The van der Waals surface area contributed by atoms with Crippen LogP contribution in [0, 0.1) is 0 Å². The number of alkyl halides is 3. The highest BCUT2D eigenvalue weighted by molar-refractivity contribution is 5.81. The van der Waals surface area contributed by atoms with Crippen LogP contribution < -0.4 is 5.32 Å². The Morgan fingerprint density at radius 3 is 2.10 bits per heavy atom. The molecule has 0 bridgehead atoms. The van der Waals surface area contributed by atoms with Crippen LogP contribution in [0.3, 0.4) is 0 Å². The molecule has 1 aliphatic rings. The average Bonchev–Trinajstić information content (AvgIpc) is 3.04. The van der Waals surface area contributed by atoms with Crippen LogP contribution in [0.25, 0.3) is 11.1 Å². The zero-order valence-corrected chi connectivity index (χ0v) is 16.8. The number of carbonyl (C=O) groups excluding carboxylic acids is 1. The molecule has 5 nitrogen and oxygen atoms in total. The molecule has 166 valence electrons. The number of alkyl carbamates (subject to hydrolysis) is 1. The number of nitrogens with one attached hydrogen (secondary N) is 1. The quantitative estimate of drug-likeness (QED) is 0.511. The number of aliphatic carboxylic acids is 1. The van der Waals surface area contributed by atoms with Crippen LogP contribution in [0.1, 0.15) is 49.1 Å². The Morgan fingerprint density at radius 1 is 0.968 bits per heavy atom. The largest absolute Gasteiger partial charge is 0.480 e. The van der Waals surface area contributed by atoms with Crippen LogP contribution in [0.15, 0.2) is 48.5 Å². The maximum Gasteiger partial charge on any atom is 0.407 e. The van der Waals surface area contributed by atoms with Crippen LogP contribution in [0.4, 0.5) is 18.0 Å². The Bertz CT molecular complexity index is 884. The number of amides is 1. The smallest absolute Gasteiger partial charge is 0.407 e. The van der Waals surface area contributed by atoms with Crippen LogP contribution in [-0.2, 0) is 9.53 Å². The van der Waals surface area contributed by atoms with Crippen molar-refractivity contribution in [3.8, 4) is 11.1 Å². The summed E-state index contributed by atoms with van der Waals surface area (Å²) in [5, 5.41) is 11.6. The maximum atomic E-state index is 12.2. The van der Waals surface area contributed by atoms with Gasteiger partial charge in [-0.05, 0) is 35.1 Å². The summed E-state index contributed by atoms with van der Waals surface area (Å²) < 4.78 is 41.8. The molecule has 3 rings (SSSR count). The van der Waals surface area contributed by atoms with Gasteiger partial charge in [0.2, 0.25) is 0 Å². The molecule has 2 N–H and O–H groups in total. The highest BCUT2D eigenvalue weighted by Gasteiger charge is 2.30. The minimum Gasteiger partial charge on any atom is -0.480 e. The SMILES string of the molecule is O=C(N[C@H](CCCCCC(F)(F)F)C(=O)O)OCC1c2ccccc2-c2ccccc21. The van der Waals surface area contributed by atoms with Gasteiger partial charge in [-0.25, -0.2) is 9.59 Å². The van der Waals surface area contributed by atoms with Gasteiger partial charge in [0.25, 0.3) is 0 Å². The summed E-state index contributed by atoms with van der Waals surface area (Å²) in [5.41, 5.74) is 4.23. The van der Waals surface area contributed by atoms with Gasteiger partial charge >= 0.3 is 18.2 Å². The van der Waals surface area contributed by atoms with E-state index in [0.29, 0.717) is 0 Å². The number of benzene rings is 2. The van der Waals surface area contributed by atoms with Crippen molar-refractivity contribution in [2.24, 2.45) is 0 Å². The van der Waals surface area contributed by atoms with Crippen LogP contribution >= 0.6 is 0 Å². The molecule has 2 aromatic rings. The van der Waals surface area contributed by atoms with E-state index in [-0.39, 0.29) is 38.2 Å². The lowest BCUT2D eigenvalue weighted by atomic mass is 9.98. The van der Waals surface area contributed by atoms with Crippen molar-refractivity contribution in [2.75, 3.05) is 6.61 Å². The minimum absolute atomic E-state index is 0.0391. The number of carboxylic acids is 1. The second-order valence-electron chi connectivity index (χ2n) is 7.58. The van der Waals surface area contributed by atoms with E-state index in [9.17, 15) is 27.9 Å². The second kappa shape index (κ2) is 9.85. The van der Waals surface area contributed by atoms with Gasteiger partial charge in [0, 0.05) is 12.3 Å². The predicted molar refractivity (Wildman–Crippen MR) is 109 cm³/mol. The van der Waals surface area contributed by atoms with Crippen LogP contribution in [0.2, 0.25) is 0 Å². The number of fused-ring (bicyclic) bond motifs is 3.